The van der Waals surface area contributed by atoms with Crippen LogP contribution in [0.5, 0.6) is 0 Å². The third-order valence-electron chi connectivity index (χ3n) is 5.61. The van der Waals surface area contributed by atoms with E-state index in [2.05, 4.69) is 44.6 Å². The zero-order valence-corrected chi connectivity index (χ0v) is 20.0. The van der Waals surface area contributed by atoms with Gasteiger partial charge in [0.15, 0.2) is 17.4 Å². The number of pyridine rings is 1. The van der Waals surface area contributed by atoms with Crippen LogP contribution in [0.25, 0.3) is 5.65 Å². The fourth-order valence-electron chi connectivity index (χ4n) is 3.93. The molecule has 2 aromatic rings. The molecule has 1 atom stereocenters. The zero-order valence-electron chi connectivity index (χ0n) is 17.7. The lowest BCUT2D eigenvalue weighted by atomic mass is 9.92. The Labute approximate surface area is 190 Å². The van der Waals surface area contributed by atoms with Crippen LogP contribution in [0.4, 0.5) is 0 Å². The number of aliphatic imine (C=N–C) groups is 1. The summed E-state index contributed by atoms with van der Waals surface area (Å²) in [6.07, 6.45) is 4.33. The summed E-state index contributed by atoms with van der Waals surface area (Å²) < 4.78 is 7.53. The van der Waals surface area contributed by atoms with Gasteiger partial charge in [-0.3, -0.25) is 14.3 Å². The van der Waals surface area contributed by atoms with Crippen LogP contribution >= 0.6 is 24.0 Å². The smallest absolute Gasteiger partial charge is 0.191 e. The molecule has 9 heteroatoms. The van der Waals surface area contributed by atoms with Crippen LogP contribution < -0.4 is 10.6 Å². The first-order valence-corrected chi connectivity index (χ1v) is 10.3. The number of hydrogen-bond donors (Lipinski definition) is 2. The molecule has 29 heavy (non-hydrogen) atoms. The molecular weight excluding hydrogens is 481 g/mol. The number of nitrogens with one attached hydrogen (secondary N) is 2. The summed E-state index contributed by atoms with van der Waals surface area (Å²) in [5.41, 5.74) is 0.850. The van der Waals surface area contributed by atoms with Crippen molar-refractivity contribution in [2.45, 2.75) is 39.3 Å². The second kappa shape index (κ2) is 12.3. The Kier molecular flexibility index (Phi) is 10.1. The summed E-state index contributed by atoms with van der Waals surface area (Å²) >= 11 is 0. The lowest BCUT2D eigenvalue weighted by Gasteiger charge is -2.39. The van der Waals surface area contributed by atoms with Gasteiger partial charge in [-0.05, 0) is 18.1 Å². The van der Waals surface area contributed by atoms with E-state index in [1.165, 1.54) is 12.8 Å². The van der Waals surface area contributed by atoms with Crippen molar-refractivity contribution in [3.05, 3.63) is 30.2 Å². The van der Waals surface area contributed by atoms with E-state index in [4.69, 9.17) is 4.74 Å². The van der Waals surface area contributed by atoms with Gasteiger partial charge in [0.25, 0.3) is 0 Å². The first-order valence-electron chi connectivity index (χ1n) is 10.3. The highest BCUT2D eigenvalue weighted by Crippen LogP contribution is 2.19. The van der Waals surface area contributed by atoms with Gasteiger partial charge < -0.3 is 15.4 Å². The predicted octanol–water partition coefficient (Wildman–Crippen LogP) is 2.15. The molecule has 1 unspecified atom stereocenters. The number of guanidine groups is 1. The van der Waals surface area contributed by atoms with Crippen molar-refractivity contribution in [3.63, 3.8) is 0 Å². The van der Waals surface area contributed by atoms with E-state index in [0.29, 0.717) is 18.5 Å². The largest absolute Gasteiger partial charge is 0.379 e. The summed E-state index contributed by atoms with van der Waals surface area (Å²) in [4.78, 5) is 6.95. The maximum absolute atomic E-state index is 5.55. The molecule has 162 valence electrons. The quantitative estimate of drug-likeness (QED) is 0.319. The van der Waals surface area contributed by atoms with Crippen molar-refractivity contribution in [1.29, 1.82) is 0 Å². The maximum atomic E-state index is 5.55. The van der Waals surface area contributed by atoms with E-state index in [0.717, 1.165) is 50.3 Å². The van der Waals surface area contributed by atoms with Crippen LogP contribution in [0.1, 0.15) is 32.5 Å². The van der Waals surface area contributed by atoms with Gasteiger partial charge in [0.1, 0.15) is 0 Å². The number of aromatic nitrogens is 3. The van der Waals surface area contributed by atoms with Crippen molar-refractivity contribution in [1.82, 2.24) is 30.1 Å². The minimum atomic E-state index is 0. The lowest BCUT2D eigenvalue weighted by Crippen LogP contribution is -2.53. The number of nitrogens with zero attached hydrogens (tertiary/aromatic N) is 5. The normalized spacial score (nSPS) is 16.6. The highest BCUT2D eigenvalue weighted by Gasteiger charge is 2.27. The second-order valence-corrected chi connectivity index (χ2v) is 7.14. The molecule has 0 aromatic carbocycles. The summed E-state index contributed by atoms with van der Waals surface area (Å²) in [7, 11) is 1.80. The predicted molar refractivity (Wildman–Crippen MR) is 127 cm³/mol. The zero-order chi connectivity index (χ0) is 19.8. The minimum Gasteiger partial charge on any atom is -0.379 e. The molecule has 2 aromatic heterocycles. The monoisotopic (exact) mass is 515 g/mol. The van der Waals surface area contributed by atoms with Crippen LogP contribution in [-0.2, 0) is 11.3 Å². The average molecular weight is 515 g/mol. The van der Waals surface area contributed by atoms with Crippen LogP contribution in [0.3, 0.4) is 0 Å². The molecule has 1 aliphatic heterocycles. The maximum Gasteiger partial charge on any atom is 0.191 e. The molecule has 0 spiro atoms. The molecule has 1 saturated heterocycles. The molecule has 3 rings (SSSR count). The van der Waals surface area contributed by atoms with E-state index in [-0.39, 0.29) is 24.0 Å². The number of fused-ring (bicyclic) bond motifs is 1. The third kappa shape index (κ3) is 6.26. The Morgan fingerprint density at radius 1 is 1.17 bits per heavy atom. The van der Waals surface area contributed by atoms with Crippen molar-refractivity contribution in [2.24, 2.45) is 10.9 Å². The minimum absolute atomic E-state index is 0. The molecule has 2 N–H and O–H groups in total. The Hall–Kier alpha value is -1.46. The van der Waals surface area contributed by atoms with Gasteiger partial charge in [0.05, 0.1) is 19.8 Å². The summed E-state index contributed by atoms with van der Waals surface area (Å²) in [5.74, 6) is 2.31. The van der Waals surface area contributed by atoms with E-state index in [1.807, 2.05) is 28.8 Å². The van der Waals surface area contributed by atoms with Crippen LogP contribution in [-0.4, -0.2) is 71.4 Å². The van der Waals surface area contributed by atoms with Crippen molar-refractivity contribution in [3.8, 4) is 0 Å². The fraction of sp³-hybridized carbons (Fsp3) is 0.650. The van der Waals surface area contributed by atoms with Crippen molar-refractivity contribution < 1.29 is 4.74 Å². The average Bonchev–Trinajstić information content (AvgIpc) is 3.17. The molecule has 0 aliphatic carbocycles. The van der Waals surface area contributed by atoms with E-state index in [9.17, 15) is 0 Å². The lowest BCUT2D eigenvalue weighted by molar-refractivity contribution is 0.00272. The van der Waals surface area contributed by atoms with Crippen molar-refractivity contribution >= 4 is 35.6 Å². The molecule has 1 fully saturated rings. The molecule has 0 radical (unpaired) electrons. The first-order chi connectivity index (χ1) is 13.8. The van der Waals surface area contributed by atoms with Gasteiger partial charge in [0, 0.05) is 38.9 Å². The summed E-state index contributed by atoms with van der Waals surface area (Å²) in [5, 5.41) is 15.4. The van der Waals surface area contributed by atoms with Gasteiger partial charge in [-0.15, -0.1) is 34.2 Å². The summed E-state index contributed by atoms with van der Waals surface area (Å²) in [6.45, 7) is 9.65. The topological polar surface area (TPSA) is 79.1 Å². The number of ether oxygens (including phenoxy) is 1. The van der Waals surface area contributed by atoms with E-state index in [1.54, 1.807) is 7.05 Å². The van der Waals surface area contributed by atoms with E-state index >= 15 is 0 Å². The van der Waals surface area contributed by atoms with Gasteiger partial charge in [0.2, 0.25) is 0 Å². The van der Waals surface area contributed by atoms with Crippen LogP contribution in [0.15, 0.2) is 29.4 Å². The van der Waals surface area contributed by atoms with Crippen LogP contribution in [0.2, 0.25) is 0 Å². The molecule has 3 heterocycles. The van der Waals surface area contributed by atoms with E-state index < -0.39 is 0 Å². The Balaban J connectivity index is 0.00000300. The summed E-state index contributed by atoms with van der Waals surface area (Å²) in [6, 6.07) is 6.37. The highest BCUT2D eigenvalue weighted by atomic mass is 127. The van der Waals surface area contributed by atoms with Crippen LogP contribution in [0, 0.1) is 5.92 Å². The molecule has 0 amide bonds. The number of halogens is 1. The van der Waals surface area contributed by atoms with Gasteiger partial charge in [-0.2, -0.15) is 0 Å². The second-order valence-electron chi connectivity index (χ2n) is 7.14. The Morgan fingerprint density at radius 3 is 2.62 bits per heavy atom. The van der Waals surface area contributed by atoms with Gasteiger partial charge >= 0.3 is 0 Å². The molecule has 8 nitrogen and oxygen atoms in total. The first kappa shape index (κ1) is 23.8. The Bertz CT molecular complexity index is 756. The van der Waals surface area contributed by atoms with Crippen molar-refractivity contribution in [2.75, 3.05) is 39.9 Å². The molecule has 0 saturated carbocycles. The Morgan fingerprint density at radius 2 is 1.93 bits per heavy atom. The third-order valence-corrected chi connectivity index (χ3v) is 5.61. The van der Waals surface area contributed by atoms with Gasteiger partial charge in [-0.25, -0.2) is 0 Å². The SMILES string of the molecule is CCC(CC)C(CNC(=NC)NCc1nnc2ccccn12)N1CCOCC1.I. The molecule has 1 aliphatic rings. The highest BCUT2D eigenvalue weighted by molar-refractivity contribution is 14.0. The number of morpholine rings is 1. The number of hydrogen-bond acceptors (Lipinski definition) is 5. The van der Waals surface area contributed by atoms with Gasteiger partial charge in [-0.1, -0.05) is 32.8 Å². The fourth-order valence-corrected chi connectivity index (χ4v) is 3.93. The number of rotatable bonds is 8. The molecule has 0 bridgehead atoms. The standard InChI is InChI=1S/C20H33N7O.HI/c1-4-16(5-2)17(26-10-12-28-13-11-26)14-22-20(21-3)23-15-19-25-24-18-8-6-7-9-27(18)19;/h6-9,16-17H,4-5,10-15H2,1-3H3,(H2,21,22,23);1H. The molecular formula is C20H34IN7O.